The minimum Gasteiger partial charge on any atom is -0.383 e. The van der Waals surface area contributed by atoms with Gasteiger partial charge in [-0.25, -0.2) is 4.98 Å². The molecule has 6 heteroatoms. The standard InChI is InChI=1S/C10H15BrClN3O/c1-6(2)8(5-16-3)14-9-7(11)4-13-10(12)15-9/h4,6,8H,5H2,1-3H3,(H,13,14,15). The van der Waals surface area contributed by atoms with E-state index in [9.17, 15) is 0 Å². The number of hydrogen-bond donors (Lipinski definition) is 1. The monoisotopic (exact) mass is 307 g/mol. The van der Waals surface area contributed by atoms with Crippen LogP contribution in [-0.4, -0.2) is 29.7 Å². The van der Waals surface area contributed by atoms with E-state index in [4.69, 9.17) is 16.3 Å². The number of rotatable bonds is 5. The molecule has 4 nitrogen and oxygen atoms in total. The fourth-order valence-corrected chi connectivity index (χ4v) is 1.64. The van der Waals surface area contributed by atoms with E-state index in [1.807, 2.05) is 0 Å². The summed E-state index contributed by atoms with van der Waals surface area (Å²) in [5.41, 5.74) is 0. The molecule has 0 bridgehead atoms. The third kappa shape index (κ3) is 3.88. The fourth-order valence-electron chi connectivity index (χ4n) is 1.20. The number of aromatic nitrogens is 2. The molecule has 0 spiro atoms. The second-order valence-electron chi connectivity index (χ2n) is 3.79. The van der Waals surface area contributed by atoms with Gasteiger partial charge in [0.25, 0.3) is 0 Å². The first-order chi connectivity index (χ1) is 7.54. The van der Waals surface area contributed by atoms with Crippen molar-refractivity contribution in [2.45, 2.75) is 19.9 Å². The first-order valence-corrected chi connectivity index (χ1v) is 6.15. The van der Waals surface area contributed by atoms with Crippen molar-refractivity contribution in [1.29, 1.82) is 0 Å². The number of anilines is 1. The van der Waals surface area contributed by atoms with Gasteiger partial charge in [-0.05, 0) is 33.4 Å². The molecule has 1 atom stereocenters. The lowest BCUT2D eigenvalue weighted by molar-refractivity contribution is 0.171. The van der Waals surface area contributed by atoms with Crippen LogP contribution in [0, 0.1) is 5.92 Å². The summed E-state index contributed by atoms with van der Waals surface area (Å²) in [5.74, 6) is 1.12. The molecule has 0 aromatic carbocycles. The van der Waals surface area contributed by atoms with Crippen molar-refractivity contribution in [1.82, 2.24) is 9.97 Å². The third-order valence-electron chi connectivity index (χ3n) is 2.19. The lowest BCUT2D eigenvalue weighted by atomic mass is 10.1. The topological polar surface area (TPSA) is 47.0 Å². The van der Waals surface area contributed by atoms with Crippen molar-refractivity contribution in [3.05, 3.63) is 16.0 Å². The van der Waals surface area contributed by atoms with Gasteiger partial charge in [0.2, 0.25) is 5.28 Å². The summed E-state index contributed by atoms with van der Waals surface area (Å²) < 4.78 is 5.94. The van der Waals surface area contributed by atoms with Gasteiger partial charge in [0.1, 0.15) is 5.82 Å². The molecule has 0 radical (unpaired) electrons. The van der Waals surface area contributed by atoms with Crippen molar-refractivity contribution in [2.24, 2.45) is 5.92 Å². The number of nitrogens with zero attached hydrogens (tertiary/aromatic N) is 2. The Balaban J connectivity index is 2.80. The summed E-state index contributed by atoms with van der Waals surface area (Å²) in [4.78, 5) is 7.99. The second-order valence-corrected chi connectivity index (χ2v) is 4.98. The van der Waals surface area contributed by atoms with E-state index in [1.165, 1.54) is 0 Å². The number of halogens is 2. The summed E-state index contributed by atoms with van der Waals surface area (Å²) >= 11 is 9.11. The number of hydrogen-bond acceptors (Lipinski definition) is 4. The first-order valence-electron chi connectivity index (χ1n) is 4.98. The Kier molecular flexibility index (Phi) is 5.44. The molecule has 0 aliphatic heterocycles. The summed E-state index contributed by atoms with van der Waals surface area (Å²) in [6.07, 6.45) is 1.63. The lowest BCUT2D eigenvalue weighted by Crippen LogP contribution is -2.31. The molecule has 1 unspecified atom stereocenters. The third-order valence-corrected chi connectivity index (χ3v) is 2.95. The van der Waals surface area contributed by atoms with E-state index < -0.39 is 0 Å². The van der Waals surface area contributed by atoms with E-state index in [2.05, 4.69) is 45.1 Å². The molecule has 1 aromatic heterocycles. The summed E-state index contributed by atoms with van der Waals surface area (Å²) in [6, 6.07) is 0.187. The quantitative estimate of drug-likeness (QED) is 0.850. The Morgan fingerprint density at radius 3 is 2.81 bits per heavy atom. The normalized spacial score (nSPS) is 12.9. The Morgan fingerprint density at radius 1 is 1.56 bits per heavy atom. The van der Waals surface area contributed by atoms with Crippen LogP contribution in [0.4, 0.5) is 5.82 Å². The Hall–Kier alpha value is -0.390. The number of ether oxygens (including phenoxy) is 1. The van der Waals surface area contributed by atoms with Crippen LogP contribution in [0.5, 0.6) is 0 Å². The fraction of sp³-hybridized carbons (Fsp3) is 0.600. The molecular formula is C10H15BrClN3O. The molecule has 1 heterocycles. The van der Waals surface area contributed by atoms with Crippen LogP contribution >= 0.6 is 27.5 Å². The zero-order valence-electron chi connectivity index (χ0n) is 9.50. The average Bonchev–Trinajstić information content (AvgIpc) is 2.22. The van der Waals surface area contributed by atoms with Crippen LogP contribution in [0.3, 0.4) is 0 Å². The smallest absolute Gasteiger partial charge is 0.224 e. The maximum Gasteiger partial charge on any atom is 0.224 e. The van der Waals surface area contributed by atoms with Crippen molar-refractivity contribution in [3.8, 4) is 0 Å². The maximum absolute atomic E-state index is 5.74. The Bertz CT molecular complexity index is 349. The van der Waals surface area contributed by atoms with Gasteiger partial charge in [-0.15, -0.1) is 0 Å². The van der Waals surface area contributed by atoms with Gasteiger partial charge < -0.3 is 10.1 Å². The van der Waals surface area contributed by atoms with Crippen LogP contribution < -0.4 is 5.32 Å². The van der Waals surface area contributed by atoms with Gasteiger partial charge in [-0.2, -0.15) is 4.98 Å². The molecule has 0 aliphatic carbocycles. The van der Waals surface area contributed by atoms with Crippen LogP contribution in [0.15, 0.2) is 10.7 Å². The molecule has 16 heavy (non-hydrogen) atoms. The molecule has 0 saturated heterocycles. The van der Waals surface area contributed by atoms with Crippen molar-refractivity contribution in [2.75, 3.05) is 19.0 Å². The van der Waals surface area contributed by atoms with Crippen molar-refractivity contribution in [3.63, 3.8) is 0 Å². The van der Waals surface area contributed by atoms with E-state index in [0.717, 1.165) is 4.47 Å². The summed E-state index contributed by atoms with van der Waals surface area (Å²) in [7, 11) is 1.68. The molecule has 1 aromatic rings. The summed E-state index contributed by atoms with van der Waals surface area (Å²) in [5, 5.41) is 3.51. The number of methoxy groups -OCH3 is 1. The minimum absolute atomic E-state index is 0.187. The molecule has 0 fully saturated rings. The Morgan fingerprint density at radius 2 is 2.25 bits per heavy atom. The van der Waals surface area contributed by atoms with Crippen LogP contribution in [0.1, 0.15) is 13.8 Å². The predicted molar refractivity (Wildman–Crippen MR) is 68.9 cm³/mol. The Labute approximate surface area is 109 Å². The zero-order valence-corrected chi connectivity index (χ0v) is 11.8. The molecule has 1 rings (SSSR count). The lowest BCUT2D eigenvalue weighted by Gasteiger charge is -2.22. The molecule has 90 valence electrons. The highest BCUT2D eigenvalue weighted by Gasteiger charge is 2.15. The summed E-state index contributed by atoms with van der Waals surface area (Å²) in [6.45, 7) is 4.85. The number of nitrogens with one attached hydrogen (secondary N) is 1. The predicted octanol–water partition coefficient (Wildman–Crippen LogP) is 2.98. The first kappa shape index (κ1) is 13.7. The van der Waals surface area contributed by atoms with Crippen molar-refractivity contribution < 1.29 is 4.74 Å². The van der Waals surface area contributed by atoms with E-state index in [0.29, 0.717) is 18.3 Å². The highest BCUT2D eigenvalue weighted by molar-refractivity contribution is 9.10. The van der Waals surface area contributed by atoms with Gasteiger partial charge in [0.05, 0.1) is 17.1 Å². The van der Waals surface area contributed by atoms with Crippen molar-refractivity contribution >= 4 is 33.3 Å². The largest absolute Gasteiger partial charge is 0.383 e. The molecule has 1 N–H and O–H groups in total. The van der Waals surface area contributed by atoms with E-state index in [1.54, 1.807) is 13.3 Å². The SMILES string of the molecule is COCC(Nc1nc(Cl)ncc1Br)C(C)C. The van der Waals surface area contributed by atoms with Crippen LogP contribution in [0.25, 0.3) is 0 Å². The van der Waals surface area contributed by atoms with Gasteiger partial charge in [0, 0.05) is 13.3 Å². The molecule has 0 saturated carbocycles. The van der Waals surface area contributed by atoms with Gasteiger partial charge in [0.15, 0.2) is 0 Å². The molecule has 0 aliphatic rings. The average molecular weight is 309 g/mol. The highest BCUT2D eigenvalue weighted by Crippen LogP contribution is 2.22. The van der Waals surface area contributed by atoms with E-state index >= 15 is 0 Å². The second kappa shape index (κ2) is 6.37. The van der Waals surface area contributed by atoms with Gasteiger partial charge >= 0.3 is 0 Å². The molecule has 0 amide bonds. The zero-order chi connectivity index (χ0) is 12.1. The van der Waals surface area contributed by atoms with Gasteiger partial charge in [-0.3, -0.25) is 0 Å². The van der Waals surface area contributed by atoms with Crippen LogP contribution in [0.2, 0.25) is 5.28 Å². The molecular weight excluding hydrogens is 293 g/mol. The highest BCUT2D eigenvalue weighted by atomic mass is 79.9. The maximum atomic E-state index is 5.74. The van der Waals surface area contributed by atoms with Gasteiger partial charge in [-0.1, -0.05) is 13.8 Å². The minimum atomic E-state index is 0.187. The van der Waals surface area contributed by atoms with E-state index in [-0.39, 0.29) is 11.3 Å². The van der Waals surface area contributed by atoms with Crippen LogP contribution in [-0.2, 0) is 4.74 Å².